The van der Waals surface area contributed by atoms with Crippen molar-refractivity contribution in [3.8, 4) is 6.07 Å². The predicted octanol–water partition coefficient (Wildman–Crippen LogP) is 8.05. The smallest absolute Gasteiger partial charge is 0.0837 e. The minimum Gasteiger partial charge on any atom is -0.335 e. The van der Waals surface area contributed by atoms with Crippen LogP contribution in [0.2, 0.25) is 0 Å². The molecule has 1 aliphatic rings. The molecule has 0 amide bonds. The first-order valence-electron chi connectivity index (χ1n) is 11.9. The summed E-state index contributed by atoms with van der Waals surface area (Å²) in [7, 11) is 0. The molecule has 3 aromatic rings. The Morgan fingerprint density at radius 2 is 1.79 bits per heavy atom. The molecule has 0 atom stereocenters. The first kappa shape index (κ1) is 23.7. The minimum absolute atomic E-state index is 0.661. The second-order valence-electron chi connectivity index (χ2n) is 8.25. The molecular formula is C28H31N3S2. The van der Waals surface area contributed by atoms with Crippen LogP contribution in [0.3, 0.4) is 0 Å². The summed E-state index contributed by atoms with van der Waals surface area (Å²) in [6, 6.07) is 23.7. The van der Waals surface area contributed by atoms with E-state index in [-0.39, 0.29) is 0 Å². The lowest BCUT2D eigenvalue weighted by Crippen LogP contribution is -2.18. The molecule has 2 aromatic carbocycles. The number of pyridine rings is 1. The number of hydrogen-bond donors (Lipinski definition) is 0. The Labute approximate surface area is 206 Å². The number of thioether (sulfide) groups is 2. The molecule has 1 saturated heterocycles. The summed E-state index contributed by atoms with van der Waals surface area (Å²) in [6.07, 6.45) is 9.28. The largest absolute Gasteiger partial charge is 0.335 e. The maximum Gasteiger partial charge on any atom is 0.0837 e. The van der Waals surface area contributed by atoms with Crippen molar-refractivity contribution >= 4 is 40.1 Å². The van der Waals surface area contributed by atoms with Gasteiger partial charge in [0, 0.05) is 40.9 Å². The summed E-state index contributed by atoms with van der Waals surface area (Å²) in [4.78, 5) is 8.37. The Bertz CT molecular complexity index is 1100. The lowest BCUT2D eigenvalue weighted by Gasteiger charge is -2.23. The van der Waals surface area contributed by atoms with Crippen LogP contribution in [0.15, 0.2) is 82.4 Å². The molecule has 4 rings (SSSR count). The van der Waals surface area contributed by atoms with Gasteiger partial charge in [0.15, 0.2) is 0 Å². The highest BCUT2D eigenvalue weighted by atomic mass is 32.2. The van der Waals surface area contributed by atoms with E-state index >= 15 is 0 Å². The standard InChI is InChI=1S/C28H31N3S2/c29-18-7-2-3-11-24(28-31(20-22-33-28)25-15-4-1-5-16-25)12-6-8-21-32-26-17-9-13-23-14-10-19-30-27(23)26/h1,4-5,9-10,13-17,19H,2-3,6-8,11-12,20-22H2/b28-24-. The molecule has 5 heteroatoms. The van der Waals surface area contributed by atoms with E-state index in [1.165, 1.54) is 33.8 Å². The third-order valence-corrected chi connectivity index (χ3v) is 8.21. The number of allylic oxidation sites excluding steroid dienone is 1. The van der Waals surface area contributed by atoms with Crippen molar-refractivity contribution in [2.45, 2.75) is 49.8 Å². The summed E-state index contributed by atoms with van der Waals surface area (Å²) >= 11 is 3.93. The molecule has 0 bridgehead atoms. The molecule has 0 unspecified atom stereocenters. The molecule has 33 heavy (non-hydrogen) atoms. The first-order chi connectivity index (χ1) is 16.4. The summed E-state index contributed by atoms with van der Waals surface area (Å²) < 4.78 is 0. The van der Waals surface area contributed by atoms with Crippen molar-refractivity contribution in [1.29, 1.82) is 5.26 Å². The van der Waals surface area contributed by atoms with E-state index in [1.807, 2.05) is 35.8 Å². The number of nitrogens with zero attached hydrogens (tertiary/aromatic N) is 3. The van der Waals surface area contributed by atoms with Crippen molar-refractivity contribution in [3.63, 3.8) is 0 Å². The monoisotopic (exact) mass is 473 g/mol. The predicted molar refractivity (Wildman–Crippen MR) is 144 cm³/mol. The number of rotatable bonds is 11. The van der Waals surface area contributed by atoms with E-state index in [9.17, 15) is 0 Å². The fraction of sp³-hybridized carbons (Fsp3) is 0.357. The van der Waals surface area contributed by atoms with E-state index in [1.54, 1.807) is 5.57 Å². The van der Waals surface area contributed by atoms with Crippen molar-refractivity contribution in [1.82, 2.24) is 4.98 Å². The highest BCUT2D eigenvalue weighted by molar-refractivity contribution is 8.03. The number of para-hydroxylation sites is 2. The van der Waals surface area contributed by atoms with Gasteiger partial charge in [0.05, 0.1) is 16.6 Å². The van der Waals surface area contributed by atoms with Gasteiger partial charge in [-0.15, -0.1) is 23.5 Å². The second-order valence-corrected chi connectivity index (χ2v) is 10.5. The molecule has 1 fully saturated rings. The zero-order valence-corrected chi connectivity index (χ0v) is 20.7. The molecule has 3 nitrogen and oxygen atoms in total. The van der Waals surface area contributed by atoms with Crippen LogP contribution < -0.4 is 4.90 Å². The average Bonchev–Trinajstić information content (AvgIpc) is 3.35. The van der Waals surface area contributed by atoms with Crippen molar-refractivity contribution < 1.29 is 0 Å². The number of unbranched alkanes of at least 4 members (excludes halogenated alkanes) is 3. The third kappa shape index (κ3) is 6.56. The van der Waals surface area contributed by atoms with Gasteiger partial charge in [0.1, 0.15) is 0 Å². The molecule has 0 spiro atoms. The van der Waals surface area contributed by atoms with Gasteiger partial charge in [-0.05, 0) is 74.1 Å². The highest BCUT2D eigenvalue weighted by Gasteiger charge is 2.22. The van der Waals surface area contributed by atoms with E-state index in [4.69, 9.17) is 5.26 Å². The van der Waals surface area contributed by atoms with Crippen LogP contribution in [0.4, 0.5) is 5.69 Å². The zero-order valence-electron chi connectivity index (χ0n) is 19.1. The molecule has 1 aliphatic heterocycles. The number of nitriles is 1. The lowest BCUT2D eigenvalue weighted by atomic mass is 10.0. The third-order valence-electron chi connectivity index (χ3n) is 5.91. The Morgan fingerprint density at radius 3 is 2.64 bits per heavy atom. The number of anilines is 1. The van der Waals surface area contributed by atoms with E-state index in [2.05, 4.69) is 70.6 Å². The van der Waals surface area contributed by atoms with Gasteiger partial charge in [-0.3, -0.25) is 4.98 Å². The molecular weight excluding hydrogens is 442 g/mol. The quantitative estimate of drug-likeness (QED) is 0.208. The Balaban J connectivity index is 1.37. The molecule has 0 saturated carbocycles. The van der Waals surface area contributed by atoms with Gasteiger partial charge in [0.2, 0.25) is 0 Å². The summed E-state index contributed by atoms with van der Waals surface area (Å²) in [5.74, 6) is 2.26. The molecule has 0 radical (unpaired) electrons. The van der Waals surface area contributed by atoms with Crippen LogP contribution in [-0.2, 0) is 0 Å². The highest BCUT2D eigenvalue weighted by Crippen LogP contribution is 2.38. The van der Waals surface area contributed by atoms with Gasteiger partial charge in [-0.1, -0.05) is 36.4 Å². The van der Waals surface area contributed by atoms with Gasteiger partial charge in [-0.25, -0.2) is 0 Å². The van der Waals surface area contributed by atoms with Gasteiger partial charge >= 0.3 is 0 Å². The average molecular weight is 474 g/mol. The van der Waals surface area contributed by atoms with Crippen molar-refractivity contribution in [2.24, 2.45) is 0 Å². The van der Waals surface area contributed by atoms with E-state index < -0.39 is 0 Å². The summed E-state index contributed by atoms with van der Waals surface area (Å²) in [5, 5.41) is 11.6. The van der Waals surface area contributed by atoms with Gasteiger partial charge in [0.25, 0.3) is 0 Å². The number of benzene rings is 2. The maximum absolute atomic E-state index is 8.91. The van der Waals surface area contributed by atoms with Crippen LogP contribution in [0.1, 0.15) is 44.9 Å². The lowest BCUT2D eigenvalue weighted by molar-refractivity contribution is 0.692. The zero-order chi connectivity index (χ0) is 22.7. The van der Waals surface area contributed by atoms with Crippen LogP contribution in [0, 0.1) is 11.3 Å². The minimum atomic E-state index is 0.661. The summed E-state index contributed by atoms with van der Waals surface area (Å²) in [6.45, 7) is 1.08. The van der Waals surface area contributed by atoms with Crippen LogP contribution in [-0.4, -0.2) is 23.0 Å². The summed E-state index contributed by atoms with van der Waals surface area (Å²) in [5.41, 5.74) is 3.99. The number of aromatic nitrogens is 1. The van der Waals surface area contributed by atoms with E-state index in [0.29, 0.717) is 6.42 Å². The fourth-order valence-corrected chi connectivity index (χ4v) is 6.54. The van der Waals surface area contributed by atoms with Gasteiger partial charge in [-0.2, -0.15) is 5.26 Å². The number of hydrogen-bond acceptors (Lipinski definition) is 5. The van der Waals surface area contributed by atoms with Crippen molar-refractivity contribution in [3.05, 3.63) is 77.5 Å². The van der Waals surface area contributed by atoms with Crippen LogP contribution in [0.5, 0.6) is 0 Å². The topological polar surface area (TPSA) is 39.9 Å². The van der Waals surface area contributed by atoms with Crippen molar-refractivity contribution in [2.75, 3.05) is 23.0 Å². The first-order valence-corrected chi connectivity index (χ1v) is 13.8. The fourth-order valence-electron chi connectivity index (χ4n) is 4.26. The Morgan fingerprint density at radius 1 is 0.970 bits per heavy atom. The molecule has 170 valence electrons. The Hall–Kier alpha value is -2.42. The SMILES string of the molecule is N#CCCCC/C(CCCCSc1cccc2cccnc12)=C1/SCCN1c1ccccc1. The van der Waals surface area contributed by atoms with Crippen LogP contribution >= 0.6 is 23.5 Å². The van der Waals surface area contributed by atoms with Crippen LogP contribution in [0.25, 0.3) is 10.9 Å². The van der Waals surface area contributed by atoms with E-state index in [0.717, 1.165) is 49.3 Å². The normalized spacial score (nSPS) is 15.1. The Kier molecular flexibility index (Phi) is 9.15. The maximum atomic E-state index is 8.91. The number of fused-ring (bicyclic) bond motifs is 1. The molecule has 2 heterocycles. The molecule has 0 aliphatic carbocycles. The molecule has 0 N–H and O–H groups in total. The molecule has 1 aromatic heterocycles. The van der Waals surface area contributed by atoms with Gasteiger partial charge < -0.3 is 4.90 Å². The second kappa shape index (κ2) is 12.7.